The van der Waals surface area contributed by atoms with Crippen molar-refractivity contribution in [1.29, 1.82) is 0 Å². The standard InChI is InChI=1S/C23H38N2O3/c1-22(2,3)18-15-17(16-19(21(18)27)23(4,5)6)7-8-20(26)24-9-10-25-11-13-28-14-12-25/h15-16,27H,7-14H2,1-6H3,(H,24,26). The lowest BCUT2D eigenvalue weighted by atomic mass is 9.78. The van der Waals surface area contributed by atoms with Crippen LogP contribution in [0, 0.1) is 0 Å². The van der Waals surface area contributed by atoms with Gasteiger partial charge in [0.1, 0.15) is 5.75 Å². The fourth-order valence-electron chi connectivity index (χ4n) is 3.51. The summed E-state index contributed by atoms with van der Waals surface area (Å²) in [7, 11) is 0. The number of amides is 1. The lowest BCUT2D eigenvalue weighted by Gasteiger charge is -2.28. The number of nitrogens with zero attached hydrogens (tertiary/aromatic N) is 1. The molecule has 0 bridgehead atoms. The third-order valence-corrected chi connectivity index (χ3v) is 5.28. The van der Waals surface area contributed by atoms with Crippen LogP contribution in [0.1, 0.15) is 64.7 Å². The second-order valence-corrected chi connectivity index (χ2v) is 9.84. The van der Waals surface area contributed by atoms with Gasteiger partial charge >= 0.3 is 0 Å². The highest BCUT2D eigenvalue weighted by molar-refractivity contribution is 5.76. The quantitative estimate of drug-likeness (QED) is 0.782. The average Bonchev–Trinajstić information content (AvgIpc) is 2.59. The van der Waals surface area contributed by atoms with Gasteiger partial charge in [0, 0.05) is 32.6 Å². The second kappa shape index (κ2) is 9.27. The first-order valence-corrected chi connectivity index (χ1v) is 10.4. The summed E-state index contributed by atoms with van der Waals surface area (Å²) >= 11 is 0. The predicted octanol–water partition coefficient (Wildman–Crippen LogP) is 3.37. The Kier molecular flexibility index (Phi) is 7.52. The van der Waals surface area contributed by atoms with E-state index in [2.05, 4.69) is 63.9 Å². The summed E-state index contributed by atoms with van der Waals surface area (Å²) in [6.07, 6.45) is 1.14. The van der Waals surface area contributed by atoms with Crippen LogP contribution >= 0.6 is 0 Å². The largest absolute Gasteiger partial charge is 0.507 e. The molecule has 1 saturated heterocycles. The Balaban J connectivity index is 1.97. The number of hydrogen-bond acceptors (Lipinski definition) is 4. The molecule has 2 rings (SSSR count). The van der Waals surface area contributed by atoms with Gasteiger partial charge in [-0.15, -0.1) is 0 Å². The third kappa shape index (κ3) is 6.49. The lowest BCUT2D eigenvalue weighted by Crippen LogP contribution is -2.41. The van der Waals surface area contributed by atoms with E-state index in [4.69, 9.17) is 4.74 Å². The Bertz CT molecular complexity index is 630. The maximum atomic E-state index is 12.3. The molecule has 2 N–H and O–H groups in total. The monoisotopic (exact) mass is 390 g/mol. The van der Waals surface area contributed by atoms with Crippen LogP contribution in [0.5, 0.6) is 5.75 Å². The van der Waals surface area contributed by atoms with Gasteiger partial charge in [0.15, 0.2) is 0 Å². The lowest BCUT2D eigenvalue weighted by molar-refractivity contribution is -0.121. The number of phenolic OH excluding ortho intramolecular Hbond substituents is 1. The summed E-state index contributed by atoms with van der Waals surface area (Å²) in [4.78, 5) is 14.6. The topological polar surface area (TPSA) is 61.8 Å². The number of nitrogens with one attached hydrogen (secondary N) is 1. The number of carbonyl (C=O) groups excluding carboxylic acids is 1. The van der Waals surface area contributed by atoms with Crippen molar-refractivity contribution in [2.75, 3.05) is 39.4 Å². The van der Waals surface area contributed by atoms with Crippen LogP contribution in [0.4, 0.5) is 0 Å². The van der Waals surface area contributed by atoms with Gasteiger partial charge in [-0.2, -0.15) is 0 Å². The highest BCUT2D eigenvalue weighted by Gasteiger charge is 2.26. The molecule has 5 heteroatoms. The van der Waals surface area contributed by atoms with Crippen molar-refractivity contribution < 1.29 is 14.6 Å². The number of rotatable bonds is 6. The Labute approximate surface area is 170 Å². The van der Waals surface area contributed by atoms with Crippen LogP contribution in [0.25, 0.3) is 0 Å². The maximum absolute atomic E-state index is 12.3. The zero-order valence-electron chi connectivity index (χ0n) is 18.5. The minimum absolute atomic E-state index is 0.0796. The summed E-state index contributed by atoms with van der Waals surface area (Å²) in [5, 5.41) is 13.8. The van der Waals surface area contributed by atoms with E-state index in [0.717, 1.165) is 49.5 Å². The van der Waals surface area contributed by atoms with E-state index in [1.54, 1.807) is 0 Å². The van der Waals surface area contributed by atoms with E-state index in [1.165, 1.54) is 0 Å². The number of benzene rings is 1. The van der Waals surface area contributed by atoms with Gasteiger partial charge in [-0.3, -0.25) is 9.69 Å². The fraction of sp³-hybridized carbons (Fsp3) is 0.696. The molecule has 0 aromatic heterocycles. The molecule has 0 radical (unpaired) electrons. The number of hydrogen-bond donors (Lipinski definition) is 2. The van der Waals surface area contributed by atoms with Gasteiger partial charge in [0.05, 0.1) is 13.2 Å². The molecule has 0 spiro atoms. The van der Waals surface area contributed by atoms with Gasteiger partial charge < -0.3 is 15.2 Å². The first kappa shape index (κ1) is 22.7. The van der Waals surface area contributed by atoms with Crippen molar-refractivity contribution in [3.63, 3.8) is 0 Å². The molecule has 1 aromatic carbocycles. The predicted molar refractivity (Wildman–Crippen MR) is 114 cm³/mol. The molecule has 1 heterocycles. The van der Waals surface area contributed by atoms with E-state index in [1.807, 2.05) is 0 Å². The van der Waals surface area contributed by atoms with Crippen LogP contribution in [-0.2, 0) is 26.8 Å². The Morgan fingerprint density at radius 3 is 2.11 bits per heavy atom. The molecule has 1 aromatic rings. The smallest absolute Gasteiger partial charge is 0.220 e. The van der Waals surface area contributed by atoms with Gasteiger partial charge in [-0.25, -0.2) is 0 Å². The van der Waals surface area contributed by atoms with Crippen molar-refractivity contribution >= 4 is 5.91 Å². The van der Waals surface area contributed by atoms with E-state index >= 15 is 0 Å². The summed E-state index contributed by atoms with van der Waals surface area (Å²) in [5.41, 5.74) is 2.70. The Hall–Kier alpha value is -1.59. The van der Waals surface area contributed by atoms with Crippen molar-refractivity contribution in [1.82, 2.24) is 10.2 Å². The summed E-state index contributed by atoms with van der Waals surface area (Å²) in [6, 6.07) is 4.12. The van der Waals surface area contributed by atoms with E-state index in [9.17, 15) is 9.90 Å². The minimum Gasteiger partial charge on any atom is -0.507 e. The Morgan fingerprint density at radius 2 is 1.61 bits per heavy atom. The number of morpholine rings is 1. The van der Waals surface area contributed by atoms with Gasteiger partial charge in [0.25, 0.3) is 0 Å². The third-order valence-electron chi connectivity index (χ3n) is 5.28. The number of carbonyl (C=O) groups is 1. The molecule has 1 fully saturated rings. The average molecular weight is 391 g/mol. The number of aromatic hydroxyl groups is 1. The minimum atomic E-state index is -0.152. The van der Waals surface area contributed by atoms with Crippen molar-refractivity contribution in [3.05, 3.63) is 28.8 Å². The zero-order valence-corrected chi connectivity index (χ0v) is 18.5. The summed E-state index contributed by atoms with van der Waals surface area (Å²) < 4.78 is 5.34. The maximum Gasteiger partial charge on any atom is 0.220 e. The Morgan fingerprint density at radius 1 is 1.07 bits per heavy atom. The molecule has 0 unspecified atom stereocenters. The van der Waals surface area contributed by atoms with Crippen molar-refractivity contribution in [2.24, 2.45) is 0 Å². The van der Waals surface area contributed by atoms with Gasteiger partial charge in [-0.05, 0) is 33.9 Å². The van der Waals surface area contributed by atoms with Crippen molar-refractivity contribution in [3.8, 4) is 5.75 Å². The molecule has 1 aliphatic heterocycles. The van der Waals surface area contributed by atoms with Crippen molar-refractivity contribution in [2.45, 2.75) is 65.2 Å². The zero-order chi connectivity index (χ0) is 20.9. The number of aryl methyl sites for hydroxylation is 1. The molecule has 0 saturated carbocycles. The molecule has 5 nitrogen and oxygen atoms in total. The van der Waals surface area contributed by atoms with E-state index < -0.39 is 0 Å². The van der Waals surface area contributed by atoms with Gasteiger partial charge in [0.2, 0.25) is 5.91 Å². The normalized spacial score (nSPS) is 16.2. The number of phenols is 1. The second-order valence-electron chi connectivity index (χ2n) is 9.84. The molecule has 1 amide bonds. The summed E-state index contributed by atoms with van der Waals surface area (Å²) in [6.45, 7) is 17.6. The molecule has 0 aliphatic carbocycles. The van der Waals surface area contributed by atoms with E-state index in [-0.39, 0.29) is 16.7 Å². The van der Waals surface area contributed by atoms with Crippen LogP contribution in [0.15, 0.2) is 12.1 Å². The number of ether oxygens (including phenoxy) is 1. The van der Waals surface area contributed by atoms with Crippen LogP contribution < -0.4 is 5.32 Å². The molecule has 0 atom stereocenters. The molecule has 28 heavy (non-hydrogen) atoms. The first-order valence-electron chi connectivity index (χ1n) is 10.4. The molecule has 158 valence electrons. The first-order chi connectivity index (χ1) is 13.0. The van der Waals surface area contributed by atoms with Crippen LogP contribution in [-0.4, -0.2) is 55.3 Å². The fourth-order valence-corrected chi connectivity index (χ4v) is 3.51. The molecular formula is C23H38N2O3. The highest BCUT2D eigenvalue weighted by atomic mass is 16.5. The van der Waals surface area contributed by atoms with Crippen LogP contribution in [0.2, 0.25) is 0 Å². The molecule has 1 aliphatic rings. The highest BCUT2D eigenvalue weighted by Crippen LogP contribution is 2.39. The molecular weight excluding hydrogens is 352 g/mol. The SMILES string of the molecule is CC(C)(C)c1cc(CCC(=O)NCCN2CCOCC2)cc(C(C)(C)C)c1O. The summed E-state index contributed by atoms with van der Waals surface area (Å²) in [5.74, 6) is 0.467. The van der Waals surface area contributed by atoms with Crippen LogP contribution in [0.3, 0.4) is 0 Å². The van der Waals surface area contributed by atoms with Gasteiger partial charge in [-0.1, -0.05) is 53.7 Å². The van der Waals surface area contributed by atoms with E-state index in [0.29, 0.717) is 25.1 Å².